The number of hydrogen-bond donors (Lipinski definition) is 0. The van der Waals surface area contributed by atoms with Crippen molar-refractivity contribution in [2.45, 2.75) is 84.0 Å². The van der Waals surface area contributed by atoms with Gasteiger partial charge in [-0.3, -0.25) is 4.98 Å². The normalized spacial score (nSPS) is 10.0. The average molecular weight is 312 g/mol. The van der Waals surface area contributed by atoms with Crippen molar-refractivity contribution in [2.75, 3.05) is 5.88 Å². The van der Waals surface area contributed by atoms with Crippen LogP contribution in [0.15, 0.2) is 30.6 Å². The zero-order valence-corrected chi connectivity index (χ0v) is 14.7. The summed E-state index contributed by atoms with van der Waals surface area (Å²) >= 11 is 5.62. The monoisotopic (exact) mass is 311 g/mol. The zero-order valence-electron chi connectivity index (χ0n) is 13.9. The smallest absolute Gasteiger partial charge is 0.0267 e. The lowest BCUT2D eigenvalue weighted by Gasteiger charge is -2.01. The van der Waals surface area contributed by atoms with Crippen LogP contribution in [0.1, 0.15) is 84.0 Å². The maximum Gasteiger partial charge on any atom is 0.0267 e. The molecule has 122 valence electrons. The molecular formula is C19H34ClN. The summed E-state index contributed by atoms with van der Waals surface area (Å²) in [6.07, 6.45) is 20.4. The molecule has 1 heterocycles. The van der Waals surface area contributed by atoms with E-state index in [1.54, 1.807) is 12.4 Å². The number of hydrogen-bond acceptors (Lipinski definition) is 1. The molecule has 0 unspecified atom stereocenters. The molecule has 1 aromatic rings. The lowest BCUT2D eigenvalue weighted by molar-refractivity contribution is 0.548. The number of pyridine rings is 1. The van der Waals surface area contributed by atoms with Gasteiger partial charge in [0.1, 0.15) is 0 Å². The number of alkyl halides is 1. The SMILES string of the molecule is CCCCCCCCCCCCCCCl.c1ccncc1. The lowest BCUT2D eigenvalue weighted by Crippen LogP contribution is -1.82. The van der Waals surface area contributed by atoms with Gasteiger partial charge in [0.15, 0.2) is 0 Å². The molecule has 0 aliphatic rings. The molecular weight excluding hydrogens is 278 g/mol. The summed E-state index contributed by atoms with van der Waals surface area (Å²) in [7, 11) is 0. The fraction of sp³-hybridized carbons (Fsp3) is 0.737. The van der Waals surface area contributed by atoms with Crippen molar-refractivity contribution in [3.05, 3.63) is 30.6 Å². The van der Waals surface area contributed by atoms with Crippen LogP contribution in [-0.2, 0) is 0 Å². The molecule has 0 bridgehead atoms. The van der Waals surface area contributed by atoms with Gasteiger partial charge in [0, 0.05) is 18.3 Å². The Bertz CT molecular complexity index is 225. The zero-order chi connectivity index (χ0) is 15.4. The van der Waals surface area contributed by atoms with Crippen molar-refractivity contribution in [1.29, 1.82) is 0 Å². The van der Waals surface area contributed by atoms with E-state index in [9.17, 15) is 0 Å². The Kier molecular flexibility index (Phi) is 18.9. The number of rotatable bonds is 12. The number of aromatic nitrogens is 1. The molecule has 0 spiro atoms. The van der Waals surface area contributed by atoms with Crippen LogP contribution in [0.4, 0.5) is 0 Å². The summed E-state index contributed by atoms with van der Waals surface area (Å²) < 4.78 is 0. The molecule has 0 saturated carbocycles. The number of nitrogens with zero attached hydrogens (tertiary/aromatic N) is 1. The quantitative estimate of drug-likeness (QED) is 0.299. The van der Waals surface area contributed by atoms with Crippen molar-refractivity contribution >= 4 is 11.6 Å². The van der Waals surface area contributed by atoms with Crippen LogP contribution in [-0.4, -0.2) is 10.9 Å². The molecule has 0 aliphatic heterocycles. The van der Waals surface area contributed by atoms with Crippen LogP contribution in [0.3, 0.4) is 0 Å². The van der Waals surface area contributed by atoms with Crippen molar-refractivity contribution < 1.29 is 0 Å². The van der Waals surface area contributed by atoms with Gasteiger partial charge in [-0.2, -0.15) is 0 Å². The molecule has 0 amide bonds. The minimum atomic E-state index is 0.845. The Balaban J connectivity index is 0.000000547. The number of unbranched alkanes of at least 4 members (excludes halogenated alkanes) is 11. The van der Waals surface area contributed by atoms with Gasteiger partial charge < -0.3 is 0 Å². The summed E-state index contributed by atoms with van der Waals surface area (Å²) in [5.41, 5.74) is 0. The molecule has 0 atom stereocenters. The molecule has 0 aromatic carbocycles. The fourth-order valence-electron chi connectivity index (χ4n) is 2.25. The summed E-state index contributed by atoms with van der Waals surface area (Å²) in [5.74, 6) is 0.845. The molecule has 1 nitrogen and oxygen atoms in total. The largest absolute Gasteiger partial charge is 0.265 e. The van der Waals surface area contributed by atoms with Gasteiger partial charge in [0.2, 0.25) is 0 Å². The average Bonchev–Trinajstić information content (AvgIpc) is 2.55. The molecule has 0 saturated heterocycles. The Labute approximate surface area is 137 Å². The summed E-state index contributed by atoms with van der Waals surface area (Å²) in [6, 6.07) is 5.72. The summed E-state index contributed by atoms with van der Waals surface area (Å²) in [6.45, 7) is 2.28. The molecule has 2 heteroatoms. The molecule has 0 fully saturated rings. The van der Waals surface area contributed by atoms with E-state index in [-0.39, 0.29) is 0 Å². The maximum absolute atomic E-state index is 5.62. The first-order valence-electron chi connectivity index (χ1n) is 8.82. The van der Waals surface area contributed by atoms with Gasteiger partial charge in [0.25, 0.3) is 0 Å². The van der Waals surface area contributed by atoms with Crippen LogP contribution < -0.4 is 0 Å². The highest BCUT2D eigenvalue weighted by Gasteiger charge is 1.92. The van der Waals surface area contributed by atoms with Crippen LogP contribution in [0.5, 0.6) is 0 Å². The first kappa shape index (κ1) is 20.4. The first-order chi connectivity index (χ1) is 10.4. The molecule has 21 heavy (non-hydrogen) atoms. The summed E-state index contributed by atoms with van der Waals surface area (Å²) in [5, 5.41) is 0. The minimum Gasteiger partial charge on any atom is -0.265 e. The Morgan fingerprint density at radius 2 is 1.05 bits per heavy atom. The molecule has 0 N–H and O–H groups in total. The van der Waals surface area contributed by atoms with Gasteiger partial charge in [-0.05, 0) is 18.6 Å². The molecule has 0 radical (unpaired) electrons. The predicted octanol–water partition coefficient (Wildman–Crippen LogP) is 7.01. The van der Waals surface area contributed by atoms with Gasteiger partial charge >= 0.3 is 0 Å². The van der Waals surface area contributed by atoms with E-state index in [2.05, 4.69) is 11.9 Å². The Hall–Kier alpha value is -0.560. The van der Waals surface area contributed by atoms with Crippen molar-refractivity contribution in [3.63, 3.8) is 0 Å². The van der Waals surface area contributed by atoms with Gasteiger partial charge in [-0.15, -0.1) is 11.6 Å². The van der Waals surface area contributed by atoms with Gasteiger partial charge in [-0.1, -0.05) is 83.6 Å². The summed E-state index contributed by atoms with van der Waals surface area (Å²) in [4.78, 5) is 3.78. The third-order valence-corrected chi connectivity index (χ3v) is 3.82. The highest BCUT2D eigenvalue weighted by Crippen LogP contribution is 2.11. The van der Waals surface area contributed by atoms with Crippen LogP contribution in [0, 0.1) is 0 Å². The number of halogens is 1. The van der Waals surface area contributed by atoms with Gasteiger partial charge in [-0.25, -0.2) is 0 Å². The third kappa shape index (κ3) is 19.4. The highest BCUT2D eigenvalue weighted by molar-refractivity contribution is 6.17. The second kappa shape index (κ2) is 19.4. The van der Waals surface area contributed by atoms with E-state index in [0.717, 1.165) is 5.88 Å². The highest BCUT2D eigenvalue weighted by atomic mass is 35.5. The van der Waals surface area contributed by atoms with Gasteiger partial charge in [0.05, 0.1) is 0 Å². The van der Waals surface area contributed by atoms with E-state index in [1.165, 1.54) is 77.0 Å². The third-order valence-electron chi connectivity index (χ3n) is 3.55. The van der Waals surface area contributed by atoms with E-state index >= 15 is 0 Å². The van der Waals surface area contributed by atoms with Crippen molar-refractivity contribution in [1.82, 2.24) is 4.98 Å². The van der Waals surface area contributed by atoms with E-state index in [4.69, 9.17) is 11.6 Å². The molecule has 1 aromatic heterocycles. The topological polar surface area (TPSA) is 12.9 Å². The Morgan fingerprint density at radius 3 is 1.33 bits per heavy atom. The van der Waals surface area contributed by atoms with Crippen molar-refractivity contribution in [3.8, 4) is 0 Å². The Morgan fingerprint density at radius 1 is 0.619 bits per heavy atom. The standard InChI is InChI=1S/C14H29Cl.C5H5N/c1-2-3-4-5-6-7-8-9-10-11-12-13-14-15;1-2-4-6-5-3-1/h2-14H2,1H3;1-5H. The fourth-order valence-corrected chi connectivity index (χ4v) is 2.44. The van der Waals surface area contributed by atoms with Crippen LogP contribution in [0.2, 0.25) is 0 Å². The second-order valence-electron chi connectivity index (χ2n) is 5.60. The second-order valence-corrected chi connectivity index (χ2v) is 5.98. The lowest BCUT2D eigenvalue weighted by atomic mass is 10.1. The molecule has 0 aliphatic carbocycles. The van der Waals surface area contributed by atoms with E-state index < -0.39 is 0 Å². The molecule has 1 rings (SSSR count). The van der Waals surface area contributed by atoms with Crippen LogP contribution in [0.25, 0.3) is 0 Å². The van der Waals surface area contributed by atoms with E-state index in [0.29, 0.717) is 0 Å². The van der Waals surface area contributed by atoms with Crippen molar-refractivity contribution in [2.24, 2.45) is 0 Å². The first-order valence-corrected chi connectivity index (χ1v) is 9.36. The maximum atomic E-state index is 5.62. The predicted molar refractivity (Wildman–Crippen MR) is 96.0 cm³/mol. The minimum absolute atomic E-state index is 0.845. The van der Waals surface area contributed by atoms with E-state index in [1.807, 2.05) is 18.2 Å². The van der Waals surface area contributed by atoms with Crippen LogP contribution >= 0.6 is 11.6 Å².